The summed E-state index contributed by atoms with van der Waals surface area (Å²) >= 11 is 9.71. The van der Waals surface area contributed by atoms with Crippen molar-refractivity contribution in [2.24, 2.45) is 11.3 Å². The molecule has 2 fully saturated rings. The minimum absolute atomic E-state index is 0.0515. The zero-order valence-corrected chi connectivity index (χ0v) is 19.2. The van der Waals surface area contributed by atoms with Crippen LogP contribution in [0.1, 0.15) is 35.6 Å². The van der Waals surface area contributed by atoms with Gasteiger partial charge in [0.1, 0.15) is 11.4 Å². The topological polar surface area (TPSA) is 79.7 Å². The van der Waals surface area contributed by atoms with Gasteiger partial charge in [-0.1, -0.05) is 70.0 Å². The van der Waals surface area contributed by atoms with Gasteiger partial charge in [0.05, 0.1) is 11.4 Å². The number of aromatic nitrogens is 1. The molecule has 3 aromatic rings. The fourth-order valence-electron chi connectivity index (χ4n) is 6.46. The van der Waals surface area contributed by atoms with E-state index in [0.29, 0.717) is 22.9 Å². The first-order valence-electron chi connectivity index (χ1n) is 10.4. The quantitative estimate of drug-likeness (QED) is 0.499. The highest BCUT2D eigenvalue weighted by atomic mass is 79.9. The summed E-state index contributed by atoms with van der Waals surface area (Å²) in [5.74, 6) is -1.14. The van der Waals surface area contributed by atoms with Gasteiger partial charge < -0.3 is 14.9 Å². The second kappa shape index (κ2) is 6.56. The van der Waals surface area contributed by atoms with Crippen molar-refractivity contribution in [2.75, 3.05) is 0 Å². The van der Waals surface area contributed by atoms with Crippen molar-refractivity contribution in [1.29, 1.82) is 0 Å². The number of fused-ring (bicyclic) bond motifs is 5. The number of benzene rings is 2. The van der Waals surface area contributed by atoms with Crippen molar-refractivity contribution in [3.63, 3.8) is 0 Å². The van der Waals surface area contributed by atoms with Crippen LogP contribution in [0.4, 0.5) is 0 Å². The summed E-state index contributed by atoms with van der Waals surface area (Å²) in [6.45, 7) is 0. The standard InChI is InChI=1S/C25H19BrClNO4/c26-16-8-6-15(7-9-16)25-21(14-4-2-1-3-5-14)23(12-20(29)30)11-19(23)24(25,31)22-18(32-25)10-17(27)13-28-22/h1-10,13,19,21,31H,11-12H2,(H,29,30)/t19-,21-,23-,24+,25-/m0/s1. The molecule has 0 saturated heterocycles. The minimum Gasteiger partial charge on any atom is -0.481 e. The van der Waals surface area contributed by atoms with Crippen LogP contribution in [0.2, 0.25) is 5.02 Å². The van der Waals surface area contributed by atoms with Crippen LogP contribution in [0, 0.1) is 11.3 Å². The summed E-state index contributed by atoms with van der Waals surface area (Å²) in [6.07, 6.45) is 2.04. The second-order valence-corrected chi connectivity index (χ2v) is 10.4. The highest BCUT2D eigenvalue weighted by Crippen LogP contribution is 2.85. The highest BCUT2D eigenvalue weighted by Gasteiger charge is 2.87. The number of carbonyl (C=O) groups is 1. The molecule has 6 rings (SSSR count). The van der Waals surface area contributed by atoms with Crippen molar-refractivity contribution < 1.29 is 19.7 Å². The Morgan fingerprint density at radius 3 is 2.59 bits per heavy atom. The van der Waals surface area contributed by atoms with Crippen LogP contribution in [0.5, 0.6) is 5.75 Å². The Labute approximate surface area is 198 Å². The third-order valence-corrected chi connectivity index (χ3v) is 8.24. The number of hydrogen-bond acceptors (Lipinski definition) is 4. The van der Waals surface area contributed by atoms with Gasteiger partial charge in [-0.2, -0.15) is 0 Å². The monoisotopic (exact) mass is 511 g/mol. The van der Waals surface area contributed by atoms with E-state index in [1.54, 1.807) is 6.07 Å². The van der Waals surface area contributed by atoms with Gasteiger partial charge in [-0.15, -0.1) is 0 Å². The van der Waals surface area contributed by atoms with Crippen LogP contribution < -0.4 is 4.74 Å². The van der Waals surface area contributed by atoms with Gasteiger partial charge >= 0.3 is 5.97 Å². The number of nitrogens with zero attached hydrogens (tertiary/aromatic N) is 1. The zero-order valence-electron chi connectivity index (χ0n) is 16.8. The molecule has 2 aliphatic carbocycles. The smallest absolute Gasteiger partial charge is 0.303 e. The average molecular weight is 513 g/mol. The maximum absolute atomic E-state index is 12.5. The van der Waals surface area contributed by atoms with E-state index >= 15 is 0 Å². The van der Waals surface area contributed by atoms with Crippen molar-refractivity contribution in [3.8, 4) is 5.75 Å². The van der Waals surface area contributed by atoms with Gasteiger partial charge in [0, 0.05) is 28.6 Å². The van der Waals surface area contributed by atoms with Crippen LogP contribution in [0.15, 0.2) is 71.3 Å². The molecule has 5 atom stereocenters. The molecule has 2 heterocycles. The van der Waals surface area contributed by atoms with Crippen molar-refractivity contribution >= 4 is 33.5 Å². The van der Waals surface area contributed by atoms with E-state index in [1.807, 2.05) is 54.6 Å². The summed E-state index contributed by atoms with van der Waals surface area (Å²) in [5.41, 5.74) is -1.21. The van der Waals surface area contributed by atoms with Crippen LogP contribution in [-0.2, 0) is 16.0 Å². The van der Waals surface area contributed by atoms with Gasteiger partial charge in [0.15, 0.2) is 11.2 Å². The molecule has 0 amide bonds. The SMILES string of the molecule is O=C(O)C[C@@]12C[C@@H]1[C@@]1(O)c3ncc(Cl)cc3O[C@@]1(c1ccc(Br)cc1)[C@H]2c1ccccc1. The number of ether oxygens (including phenoxy) is 1. The van der Waals surface area contributed by atoms with Gasteiger partial charge in [-0.25, -0.2) is 0 Å². The average Bonchev–Trinajstić information content (AvgIpc) is 3.36. The van der Waals surface area contributed by atoms with Crippen LogP contribution in [0.3, 0.4) is 0 Å². The van der Waals surface area contributed by atoms with Crippen molar-refractivity contribution in [3.05, 3.63) is 93.2 Å². The largest absolute Gasteiger partial charge is 0.481 e. The third-order valence-electron chi connectivity index (χ3n) is 7.51. The molecule has 5 nitrogen and oxygen atoms in total. The summed E-state index contributed by atoms with van der Waals surface area (Å²) in [4.78, 5) is 16.5. The van der Waals surface area contributed by atoms with E-state index in [9.17, 15) is 15.0 Å². The first-order valence-corrected chi connectivity index (χ1v) is 11.6. The molecule has 1 aliphatic heterocycles. The second-order valence-electron chi connectivity index (χ2n) is 9.02. The molecule has 7 heteroatoms. The number of carboxylic acids is 1. The molecule has 2 saturated carbocycles. The minimum atomic E-state index is -1.49. The van der Waals surface area contributed by atoms with Gasteiger partial charge in [-0.05, 0) is 35.1 Å². The Bertz CT molecular complexity index is 1250. The summed E-state index contributed by atoms with van der Waals surface area (Å²) in [5, 5.41) is 22.8. The van der Waals surface area contributed by atoms with Crippen molar-refractivity contribution in [2.45, 2.75) is 30.0 Å². The Kier molecular flexibility index (Phi) is 4.15. The van der Waals surface area contributed by atoms with E-state index in [1.165, 1.54) is 6.20 Å². The van der Waals surface area contributed by atoms with Gasteiger partial charge in [-0.3, -0.25) is 9.78 Å². The number of pyridine rings is 1. The summed E-state index contributed by atoms with van der Waals surface area (Å²) in [6, 6.07) is 19.1. The Morgan fingerprint density at radius 2 is 1.91 bits per heavy atom. The van der Waals surface area contributed by atoms with Crippen molar-refractivity contribution in [1.82, 2.24) is 4.98 Å². The molecule has 32 heavy (non-hydrogen) atoms. The molecule has 2 aromatic carbocycles. The fourth-order valence-corrected chi connectivity index (χ4v) is 6.87. The molecule has 1 aromatic heterocycles. The lowest BCUT2D eigenvalue weighted by Crippen LogP contribution is -2.51. The number of carboxylic acid groups (broad SMARTS) is 1. The lowest BCUT2D eigenvalue weighted by atomic mass is 9.67. The number of rotatable bonds is 4. The molecule has 0 spiro atoms. The Morgan fingerprint density at radius 1 is 1.19 bits per heavy atom. The van der Waals surface area contributed by atoms with Gasteiger partial charge in [0.25, 0.3) is 0 Å². The van der Waals surface area contributed by atoms with Gasteiger partial charge in [0.2, 0.25) is 0 Å². The number of hydrogen-bond donors (Lipinski definition) is 2. The molecule has 0 bridgehead atoms. The number of halogens is 2. The molecular weight excluding hydrogens is 494 g/mol. The molecule has 0 radical (unpaired) electrons. The van der Waals surface area contributed by atoms with Crippen LogP contribution in [0.25, 0.3) is 0 Å². The Balaban J connectivity index is 1.68. The fraction of sp³-hybridized carbons (Fsp3) is 0.280. The molecular formula is C25H19BrClNO4. The van der Waals surface area contributed by atoms with E-state index in [4.69, 9.17) is 16.3 Å². The predicted molar refractivity (Wildman–Crippen MR) is 122 cm³/mol. The summed E-state index contributed by atoms with van der Waals surface area (Å²) in [7, 11) is 0. The van der Waals surface area contributed by atoms with Crippen LogP contribution >= 0.6 is 27.5 Å². The highest BCUT2D eigenvalue weighted by molar-refractivity contribution is 9.10. The van der Waals surface area contributed by atoms with Crippen LogP contribution in [-0.4, -0.2) is 21.2 Å². The van der Waals surface area contributed by atoms with E-state index in [-0.39, 0.29) is 12.3 Å². The summed E-state index contributed by atoms with van der Waals surface area (Å²) < 4.78 is 7.60. The maximum Gasteiger partial charge on any atom is 0.303 e. The first-order chi connectivity index (χ1) is 15.3. The maximum atomic E-state index is 12.5. The lowest BCUT2D eigenvalue weighted by molar-refractivity contribution is -0.139. The normalized spacial score (nSPS) is 33.7. The van der Waals surface area contributed by atoms with E-state index < -0.39 is 28.5 Å². The third kappa shape index (κ3) is 2.38. The van der Waals surface area contributed by atoms with E-state index in [2.05, 4.69) is 20.9 Å². The predicted octanol–water partition coefficient (Wildman–Crippen LogP) is 5.25. The molecule has 3 aliphatic rings. The number of aliphatic carboxylic acids is 1. The first kappa shape index (κ1) is 20.2. The van der Waals surface area contributed by atoms with E-state index in [0.717, 1.165) is 15.6 Å². The molecule has 162 valence electrons. The number of aliphatic hydroxyl groups is 1. The molecule has 2 N–H and O–H groups in total. The Hall–Kier alpha value is -2.41. The molecule has 0 unspecified atom stereocenters. The zero-order chi connectivity index (χ0) is 22.3. The lowest BCUT2D eigenvalue weighted by Gasteiger charge is -2.43.